The van der Waals surface area contributed by atoms with Crippen LogP contribution in [0, 0.1) is 11.8 Å². The molecule has 2 amide bonds. The van der Waals surface area contributed by atoms with Crippen LogP contribution >= 0.6 is 0 Å². The van der Waals surface area contributed by atoms with E-state index in [-0.39, 0.29) is 17.9 Å². The van der Waals surface area contributed by atoms with E-state index < -0.39 is 0 Å². The Morgan fingerprint density at radius 2 is 1.20 bits per heavy atom. The van der Waals surface area contributed by atoms with Gasteiger partial charge >= 0.3 is 11.8 Å². The molecule has 1 saturated carbocycles. The molecule has 0 aromatic rings. The van der Waals surface area contributed by atoms with Crippen molar-refractivity contribution in [2.24, 2.45) is 11.8 Å². The molecule has 1 N–H and O–H groups in total. The van der Waals surface area contributed by atoms with Crippen LogP contribution in [0.5, 0.6) is 0 Å². The molecular weight excluding hydrogens is 312 g/mol. The van der Waals surface area contributed by atoms with E-state index in [1.54, 1.807) is 4.90 Å². The highest BCUT2D eigenvalue weighted by Crippen LogP contribution is 2.21. The summed E-state index contributed by atoms with van der Waals surface area (Å²) in [6, 6.07) is 0.176. The second kappa shape index (κ2) is 10.8. The van der Waals surface area contributed by atoms with Gasteiger partial charge in [0.2, 0.25) is 0 Å². The number of nitrogens with zero attached hydrogens (tertiary/aromatic N) is 1. The summed E-state index contributed by atoms with van der Waals surface area (Å²) in [6.45, 7) is 5.78. The maximum atomic E-state index is 12.6. The highest BCUT2D eigenvalue weighted by molar-refractivity contribution is 6.35. The Morgan fingerprint density at radius 3 is 1.68 bits per heavy atom. The maximum Gasteiger partial charge on any atom is 0.311 e. The normalized spacial score (nSPS) is 27.8. The number of piperidine rings is 1. The van der Waals surface area contributed by atoms with E-state index in [2.05, 4.69) is 19.2 Å². The van der Waals surface area contributed by atoms with E-state index in [9.17, 15) is 9.59 Å². The molecule has 144 valence electrons. The number of carbonyl (C=O) groups is 2. The molecule has 2 atom stereocenters. The van der Waals surface area contributed by atoms with Crippen LogP contribution in [0.4, 0.5) is 0 Å². The predicted molar refractivity (Wildman–Crippen MR) is 102 cm³/mol. The lowest BCUT2D eigenvalue weighted by Crippen LogP contribution is -2.50. The fourth-order valence-corrected chi connectivity index (χ4v) is 4.53. The third kappa shape index (κ3) is 7.37. The molecule has 0 spiro atoms. The quantitative estimate of drug-likeness (QED) is 0.718. The Kier molecular flexibility index (Phi) is 8.77. The average molecular weight is 351 g/mol. The van der Waals surface area contributed by atoms with Crippen LogP contribution in [-0.4, -0.2) is 35.8 Å². The zero-order chi connectivity index (χ0) is 18.1. The van der Waals surface area contributed by atoms with Gasteiger partial charge in [-0.25, -0.2) is 0 Å². The second-order valence-electron chi connectivity index (χ2n) is 8.59. The molecule has 4 heteroatoms. The van der Waals surface area contributed by atoms with Crippen molar-refractivity contribution < 1.29 is 9.59 Å². The minimum absolute atomic E-state index is 0.176. The van der Waals surface area contributed by atoms with E-state index in [0.29, 0.717) is 11.8 Å². The van der Waals surface area contributed by atoms with Crippen LogP contribution in [0.3, 0.4) is 0 Å². The van der Waals surface area contributed by atoms with Gasteiger partial charge in [-0.1, -0.05) is 71.6 Å². The number of likely N-dealkylation sites (tertiary alicyclic amines) is 1. The lowest BCUT2D eigenvalue weighted by Gasteiger charge is -2.34. The van der Waals surface area contributed by atoms with Gasteiger partial charge in [-0.3, -0.25) is 9.59 Å². The molecule has 2 unspecified atom stereocenters. The van der Waals surface area contributed by atoms with E-state index in [1.807, 2.05) is 0 Å². The first kappa shape index (κ1) is 20.3. The van der Waals surface area contributed by atoms with Gasteiger partial charge in [0, 0.05) is 19.1 Å². The molecule has 0 aromatic carbocycles. The first-order valence-corrected chi connectivity index (χ1v) is 10.7. The van der Waals surface area contributed by atoms with Crippen molar-refractivity contribution in [3.63, 3.8) is 0 Å². The highest BCUT2D eigenvalue weighted by Gasteiger charge is 2.30. The van der Waals surface area contributed by atoms with Crippen molar-refractivity contribution in [1.29, 1.82) is 0 Å². The van der Waals surface area contributed by atoms with Crippen LogP contribution in [0.2, 0.25) is 0 Å². The van der Waals surface area contributed by atoms with Crippen molar-refractivity contribution in [2.45, 2.75) is 96.9 Å². The monoisotopic (exact) mass is 350 g/mol. The standard InChI is InChI=1S/C21H38N2O2/c1-17-14-18(2)16-23(15-17)21(25)20(24)22-19-12-10-8-6-4-3-5-7-9-11-13-19/h17-19H,3-16H2,1-2H3,(H,22,24). The largest absolute Gasteiger partial charge is 0.345 e. The van der Waals surface area contributed by atoms with Gasteiger partial charge in [-0.2, -0.15) is 0 Å². The van der Waals surface area contributed by atoms with Gasteiger partial charge < -0.3 is 10.2 Å². The van der Waals surface area contributed by atoms with E-state index >= 15 is 0 Å². The summed E-state index contributed by atoms with van der Waals surface area (Å²) in [5.74, 6) is 0.284. The van der Waals surface area contributed by atoms with E-state index in [0.717, 1.165) is 45.2 Å². The minimum Gasteiger partial charge on any atom is -0.345 e. The summed E-state index contributed by atoms with van der Waals surface area (Å²) in [4.78, 5) is 26.8. The Bertz CT molecular complexity index is 402. The number of rotatable bonds is 1. The molecule has 2 fully saturated rings. The van der Waals surface area contributed by atoms with Crippen LogP contribution in [0.15, 0.2) is 0 Å². The third-order valence-electron chi connectivity index (χ3n) is 5.79. The summed E-state index contributed by atoms with van der Waals surface area (Å²) in [5.41, 5.74) is 0. The Labute approximate surface area is 154 Å². The number of nitrogens with one attached hydrogen (secondary N) is 1. The SMILES string of the molecule is CC1CC(C)CN(C(=O)C(=O)NC2CCCCCCCCCCC2)C1. The molecule has 2 aliphatic rings. The fraction of sp³-hybridized carbons (Fsp3) is 0.905. The van der Waals surface area contributed by atoms with E-state index in [1.165, 1.54) is 44.9 Å². The third-order valence-corrected chi connectivity index (χ3v) is 5.79. The Morgan fingerprint density at radius 1 is 0.760 bits per heavy atom. The zero-order valence-corrected chi connectivity index (χ0v) is 16.4. The lowest BCUT2D eigenvalue weighted by molar-refractivity contribution is -0.148. The molecule has 2 rings (SSSR count). The van der Waals surface area contributed by atoms with Crippen LogP contribution < -0.4 is 5.32 Å². The average Bonchev–Trinajstić information content (AvgIpc) is 2.55. The van der Waals surface area contributed by atoms with Crippen molar-refractivity contribution in [1.82, 2.24) is 10.2 Å². The Balaban J connectivity index is 1.83. The van der Waals surface area contributed by atoms with Gasteiger partial charge in [0.05, 0.1) is 0 Å². The number of hydrogen-bond acceptors (Lipinski definition) is 2. The zero-order valence-electron chi connectivity index (χ0n) is 16.4. The van der Waals surface area contributed by atoms with Gasteiger partial charge in [0.25, 0.3) is 0 Å². The summed E-state index contributed by atoms with van der Waals surface area (Å²) < 4.78 is 0. The van der Waals surface area contributed by atoms with Crippen molar-refractivity contribution in [2.75, 3.05) is 13.1 Å². The first-order valence-electron chi connectivity index (χ1n) is 10.7. The Hall–Kier alpha value is -1.06. The number of amides is 2. The van der Waals surface area contributed by atoms with Gasteiger partial charge in [0.1, 0.15) is 0 Å². The van der Waals surface area contributed by atoms with Crippen molar-refractivity contribution in [3.8, 4) is 0 Å². The molecule has 0 bridgehead atoms. The molecule has 0 radical (unpaired) electrons. The van der Waals surface area contributed by atoms with Gasteiger partial charge in [-0.15, -0.1) is 0 Å². The topological polar surface area (TPSA) is 49.4 Å². The molecule has 1 saturated heterocycles. The molecule has 25 heavy (non-hydrogen) atoms. The maximum absolute atomic E-state index is 12.6. The first-order chi connectivity index (χ1) is 12.1. The van der Waals surface area contributed by atoms with Crippen LogP contribution in [0.1, 0.15) is 90.9 Å². The number of hydrogen-bond donors (Lipinski definition) is 1. The van der Waals surface area contributed by atoms with Crippen LogP contribution in [0.25, 0.3) is 0 Å². The number of carbonyl (C=O) groups excluding carboxylic acids is 2. The minimum atomic E-state index is -0.376. The molecular formula is C21H38N2O2. The summed E-state index contributed by atoms with van der Waals surface area (Å²) in [5, 5.41) is 3.07. The summed E-state index contributed by atoms with van der Waals surface area (Å²) >= 11 is 0. The summed E-state index contributed by atoms with van der Waals surface area (Å²) in [6.07, 6.45) is 14.7. The molecule has 1 aliphatic carbocycles. The fourth-order valence-electron chi connectivity index (χ4n) is 4.53. The second-order valence-corrected chi connectivity index (χ2v) is 8.59. The van der Waals surface area contributed by atoms with Gasteiger partial charge in [-0.05, 0) is 31.1 Å². The van der Waals surface area contributed by atoms with Crippen LogP contribution in [-0.2, 0) is 9.59 Å². The smallest absolute Gasteiger partial charge is 0.311 e. The highest BCUT2D eigenvalue weighted by atomic mass is 16.2. The predicted octanol–water partition coefficient (Wildman–Crippen LogP) is 4.28. The van der Waals surface area contributed by atoms with Crippen molar-refractivity contribution in [3.05, 3.63) is 0 Å². The molecule has 1 aliphatic heterocycles. The molecule has 4 nitrogen and oxygen atoms in total. The van der Waals surface area contributed by atoms with Crippen molar-refractivity contribution >= 4 is 11.8 Å². The molecule has 0 aromatic heterocycles. The van der Waals surface area contributed by atoms with Gasteiger partial charge in [0.15, 0.2) is 0 Å². The van der Waals surface area contributed by atoms with E-state index in [4.69, 9.17) is 0 Å². The lowest BCUT2D eigenvalue weighted by atomic mass is 9.92. The summed E-state index contributed by atoms with van der Waals surface area (Å²) in [7, 11) is 0. The molecule has 1 heterocycles.